The molecule has 4 rings (SSSR count). The summed E-state index contributed by atoms with van der Waals surface area (Å²) in [6, 6.07) is 13.4. The van der Waals surface area contributed by atoms with Crippen molar-refractivity contribution in [2.45, 2.75) is 19.8 Å². The maximum absolute atomic E-state index is 13.4. The molecule has 8 heteroatoms. The molecule has 0 aliphatic carbocycles. The summed E-state index contributed by atoms with van der Waals surface area (Å²) in [5, 5.41) is 26.8. The zero-order valence-corrected chi connectivity index (χ0v) is 15.9. The number of carbonyl (C=O) groups is 1. The van der Waals surface area contributed by atoms with Gasteiger partial charge in [-0.3, -0.25) is 14.7 Å². The number of aromatic amines is 1. The molecule has 8 nitrogen and oxygen atoms in total. The van der Waals surface area contributed by atoms with E-state index >= 15 is 0 Å². The Morgan fingerprint density at radius 3 is 2.38 bits per heavy atom. The van der Waals surface area contributed by atoms with Gasteiger partial charge in [0.05, 0.1) is 11.6 Å². The number of aromatic nitrogens is 2. The molecular formula is C21H20N4O4. The van der Waals surface area contributed by atoms with Crippen molar-refractivity contribution in [3.63, 3.8) is 0 Å². The highest BCUT2D eigenvalue weighted by Crippen LogP contribution is 2.38. The number of H-pyrrole nitrogens is 1. The number of hydrazone groups is 1. The van der Waals surface area contributed by atoms with Crippen molar-refractivity contribution in [1.82, 2.24) is 15.2 Å². The number of carbonyl (C=O) groups excluding carboxylic acids is 1. The van der Waals surface area contributed by atoms with Gasteiger partial charge in [0.15, 0.2) is 11.5 Å². The van der Waals surface area contributed by atoms with E-state index in [0.29, 0.717) is 28.2 Å². The van der Waals surface area contributed by atoms with Crippen molar-refractivity contribution >= 4 is 11.6 Å². The second-order valence-electron chi connectivity index (χ2n) is 7.06. The van der Waals surface area contributed by atoms with Crippen LogP contribution in [0.5, 0.6) is 11.5 Å². The van der Waals surface area contributed by atoms with Gasteiger partial charge in [-0.2, -0.15) is 5.10 Å². The van der Waals surface area contributed by atoms with Crippen LogP contribution in [0.2, 0.25) is 0 Å². The molecule has 1 aliphatic heterocycles. The number of phenols is 2. The Labute approximate surface area is 166 Å². The minimum absolute atomic E-state index is 0.277. The van der Waals surface area contributed by atoms with Crippen molar-refractivity contribution in [3.8, 4) is 17.2 Å². The van der Waals surface area contributed by atoms with E-state index in [1.54, 1.807) is 32.0 Å². The Hall–Kier alpha value is -3.81. The van der Waals surface area contributed by atoms with E-state index in [1.807, 2.05) is 18.2 Å². The van der Waals surface area contributed by atoms with Crippen molar-refractivity contribution in [2.24, 2.45) is 11.0 Å². The van der Waals surface area contributed by atoms with Crippen LogP contribution in [0.3, 0.4) is 0 Å². The monoisotopic (exact) mass is 392 g/mol. The van der Waals surface area contributed by atoms with Crippen LogP contribution in [0.4, 0.5) is 0 Å². The number of rotatable bonds is 4. The number of amides is 1. The number of aryl methyl sites for hydroxylation is 1. The smallest absolute Gasteiger partial charge is 0.275 e. The molecular weight excluding hydrogens is 372 g/mol. The van der Waals surface area contributed by atoms with Gasteiger partial charge in [-0.25, -0.2) is 10.1 Å². The minimum atomic E-state index is -0.717. The minimum Gasteiger partial charge on any atom is -0.504 e. The predicted octanol–water partition coefficient (Wildman–Crippen LogP) is 2.14. The molecule has 1 aliphatic rings. The Bertz CT molecular complexity index is 1180. The molecule has 1 aromatic heterocycles. The predicted molar refractivity (Wildman–Crippen MR) is 107 cm³/mol. The van der Waals surface area contributed by atoms with E-state index < -0.39 is 11.8 Å². The highest BCUT2D eigenvalue weighted by atomic mass is 16.3. The van der Waals surface area contributed by atoms with Gasteiger partial charge in [-0.15, -0.1) is 0 Å². The van der Waals surface area contributed by atoms with Gasteiger partial charge in [-0.1, -0.05) is 24.3 Å². The molecule has 2 heterocycles. The first-order valence-electron chi connectivity index (χ1n) is 9.11. The number of hydrogen-bond acceptors (Lipinski definition) is 5. The number of aromatic hydroxyl groups is 2. The molecule has 1 amide bonds. The number of nitrogens with zero attached hydrogens (tertiary/aromatic N) is 2. The summed E-state index contributed by atoms with van der Waals surface area (Å²) in [5.74, 6) is -2.34. The first-order chi connectivity index (χ1) is 13.9. The fraction of sp³-hybridized carbons (Fsp3) is 0.190. The molecule has 2 atom stereocenters. The normalized spacial score (nSPS) is 17.1. The Kier molecular flexibility index (Phi) is 4.46. The average molecular weight is 392 g/mol. The molecule has 0 spiro atoms. The summed E-state index contributed by atoms with van der Waals surface area (Å²) in [6.07, 6.45) is 0. The summed E-state index contributed by atoms with van der Waals surface area (Å²) in [4.78, 5) is 25.9. The second kappa shape index (κ2) is 6.97. The van der Waals surface area contributed by atoms with E-state index in [9.17, 15) is 19.8 Å². The molecule has 0 radical (unpaired) electrons. The fourth-order valence-electron chi connectivity index (χ4n) is 3.81. The molecule has 0 saturated heterocycles. The van der Waals surface area contributed by atoms with Gasteiger partial charge in [0.1, 0.15) is 0 Å². The second-order valence-corrected chi connectivity index (χ2v) is 7.06. The number of nitrogens with one attached hydrogen (secondary N) is 2. The number of para-hydroxylation sites is 1. The van der Waals surface area contributed by atoms with Crippen LogP contribution in [0.15, 0.2) is 58.4 Å². The van der Waals surface area contributed by atoms with Gasteiger partial charge in [0, 0.05) is 22.9 Å². The lowest BCUT2D eigenvalue weighted by Gasteiger charge is -2.22. The molecule has 0 bridgehead atoms. The summed E-state index contributed by atoms with van der Waals surface area (Å²) in [5.41, 5.74) is 4.90. The van der Waals surface area contributed by atoms with Crippen LogP contribution < -0.4 is 11.0 Å². The van der Waals surface area contributed by atoms with Crippen molar-refractivity contribution < 1.29 is 15.0 Å². The third-order valence-corrected chi connectivity index (χ3v) is 5.21. The van der Waals surface area contributed by atoms with Crippen LogP contribution >= 0.6 is 0 Å². The molecule has 0 fully saturated rings. The molecule has 2 aromatic carbocycles. The Morgan fingerprint density at radius 2 is 1.76 bits per heavy atom. The maximum atomic E-state index is 13.4. The van der Waals surface area contributed by atoms with Gasteiger partial charge in [0.2, 0.25) is 5.91 Å². The summed E-state index contributed by atoms with van der Waals surface area (Å²) < 4.78 is 1.43. The van der Waals surface area contributed by atoms with Gasteiger partial charge < -0.3 is 10.2 Å². The van der Waals surface area contributed by atoms with E-state index in [2.05, 4.69) is 15.6 Å². The average Bonchev–Trinajstić information content (AvgIpc) is 3.19. The van der Waals surface area contributed by atoms with Crippen molar-refractivity contribution in [3.05, 3.63) is 75.7 Å². The first kappa shape index (κ1) is 18.5. The Morgan fingerprint density at radius 1 is 1.03 bits per heavy atom. The summed E-state index contributed by atoms with van der Waals surface area (Å²) in [6.45, 7) is 3.48. The maximum Gasteiger partial charge on any atom is 0.275 e. The first-order valence-corrected chi connectivity index (χ1v) is 9.11. The quantitative estimate of drug-likeness (QED) is 0.509. The van der Waals surface area contributed by atoms with Crippen LogP contribution in [0.25, 0.3) is 5.69 Å². The van der Waals surface area contributed by atoms with E-state index in [1.165, 1.54) is 16.8 Å². The fourth-order valence-corrected chi connectivity index (χ4v) is 3.81. The van der Waals surface area contributed by atoms with Gasteiger partial charge >= 0.3 is 0 Å². The third kappa shape index (κ3) is 3.08. The van der Waals surface area contributed by atoms with E-state index in [0.717, 1.165) is 0 Å². The molecule has 2 unspecified atom stereocenters. The van der Waals surface area contributed by atoms with Gasteiger partial charge in [0.25, 0.3) is 5.56 Å². The van der Waals surface area contributed by atoms with E-state index in [-0.39, 0.29) is 23.0 Å². The van der Waals surface area contributed by atoms with Crippen LogP contribution in [-0.2, 0) is 4.79 Å². The topological polar surface area (TPSA) is 120 Å². The zero-order valence-electron chi connectivity index (χ0n) is 15.9. The summed E-state index contributed by atoms with van der Waals surface area (Å²) in [7, 11) is 0. The zero-order chi connectivity index (χ0) is 20.7. The molecule has 3 aromatic rings. The van der Waals surface area contributed by atoms with Crippen LogP contribution in [0.1, 0.15) is 29.7 Å². The number of phenolic OH excluding ortho intramolecular Hbond substituents is 2. The van der Waals surface area contributed by atoms with Crippen LogP contribution in [0, 0.1) is 12.8 Å². The SMILES string of the molecule is CC1=NNC(=O)C1C(c1ccc(O)c(O)c1)c1c(C)[nH]n(-c2ccccc2)c1=O. The lowest BCUT2D eigenvalue weighted by Crippen LogP contribution is -2.32. The van der Waals surface area contributed by atoms with Gasteiger partial charge in [-0.05, 0) is 43.7 Å². The molecule has 148 valence electrons. The Balaban J connectivity index is 1.94. The highest BCUT2D eigenvalue weighted by Gasteiger charge is 2.40. The molecule has 4 N–H and O–H groups in total. The van der Waals surface area contributed by atoms with Crippen LogP contribution in [-0.4, -0.2) is 31.6 Å². The number of benzene rings is 2. The largest absolute Gasteiger partial charge is 0.504 e. The summed E-state index contributed by atoms with van der Waals surface area (Å²) >= 11 is 0. The highest BCUT2D eigenvalue weighted by molar-refractivity contribution is 6.08. The molecule has 29 heavy (non-hydrogen) atoms. The number of hydrogen-bond donors (Lipinski definition) is 4. The van der Waals surface area contributed by atoms with E-state index in [4.69, 9.17) is 0 Å². The molecule has 0 saturated carbocycles. The lowest BCUT2D eigenvalue weighted by molar-refractivity contribution is -0.122. The third-order valence-electron chi connectivity index (χ3n) is 5.21. The van der Waals surface area contributed by atoms with Crippen molar-refractivity contribution in [2.75, 3.05) is 0 Å². The lowest BCUT2D eigenvalue weighted by atomic mass is 9.78. The standard InChI is InChI=1S/C21H20N4O4/c1-11-17(20(28)23-22-11)19(13-8-9-15(26)16(27)10-13)18-12(2)24-25(21(18)29)14-6-4-3-5-7-14/h3-10,17,19,24,26-27H,1-2H3,(H,23,28). The van der Waals surface area contributed by atoms with Crippen molar-refractivity contribution in [1.29, 1.82) is 0 Å².